The Bertz CT molecular complexity index is 1150. The number of rotatable bonds is 9. The largest absolute Gasteiger partial charge is 0.493 e. The van der Waals surface area contributed by atoms with Crippen LogP contribution in [0.25, 0.3) is 11.5 Å². The lowest BCUT2D eigenvalue weighted by Crippen LogP contribution is -2.14. The second kappa shape index (κ2) is 9.70. The highest BCUT2D eigenvalue weighted by atomic mass is 19.1. The van der Waals surface area contributed by atoms with Gasteiger partial charge in [-0.15, -0.1) is 0 Å². The average molecular weight is 448 g/mol. The normalized spacial score (nSPS) is 10.5. The van der Waals surface area contributed by atoms with E-state index in [1.54, 1.807) is 0 Å². The maximum absolute atomic E-state index is 13.7. The van der Waals surface area contributed by atoms with Crippen LogP contribution in [0, 0.1) is 15.9 Å². The topological polar surface area (TPSA) is 148 Å². The Kier molecular flexibility index (Phi) is 6.80. The van der Waals surface area contributed by atoms with E-state index in [0.717, 1.165) is 12.1 Å². The summed E-state index contributed by atoms with van der Waals surface area (Å²) in [4.78, 5) is 27.1. The first-order chi connectivity index (χ1) is 15.4. The number of carbonyl (C=O) groups is 1. The molecule has 0 unspecified atom stereocenters. The number of aromatic nitrogens is 2. The van der Waals surface area contributed by atoms with Gasteiger partial charge in [-0.2, -0.15) is 4.98 Å². The summed E-state index contributed by atoms with van der Waals surface area (Å²) in [5.74, 6) is -2.08. The summed E-state index contributed by atoms with van der Waals surface area (Å²) >= 11 is 0. The number of nitrogens with zero attached hydrogens (tertiary/aromatic N) is 3. The first-order valence-corrected chi connectivity index (χ1v) is 8.85. The first-order valence-electron chi connectivity index (χ1n) is 8.85. The summed E-state index contributed by atoms with van der Waals surface area (Å²) in [5.41, 5.74) is -0.0468. The zero-order chi connectivity index (χ0) is 23.3. The van der Waals surface area contributed by atoms with Crippen molar-refractivity contribution in [3.63, 3.8) is 0 Å². The Morgan fingerprint density at radius 3 is 2.62 bits per heavy atom. The highest BCUT2D eigenvalue weighted by molar-refractivity contribution is 6.01. The van der Waals surface area contributed by atoms with Gasteiger partial charge in [0, 0.05) is 24.9 Å². The van der Waals surface area contributed by atoms with Gasteiger partial charge in [-0.05, 0) is 18.2 Å². The summed E-state index contributed by atoms with van der Waals surface area (Å²) in [5, 5.41) is 17.4. The molecule has 2 aromatic carbocycles. The number of hydrogen-bond acceptors (Lipinski definition) is 10. The van der Waals surface area contributed by atoms with Crippen LogP contribution in [0.4, 0.5) is 15.8 Å². The minimum Gasteiger partial charge on any atom is -0.493 e. The van der Waals surface area contributed by atoms with E-state index in [4.69, 9.17) is 23.5 Å². The molecule has 0 aliphatic rings. The highest BCUT2D eigenvalue weighted by Crippen LogP contribution is 2.40. The van der Waals surface area contributed by atoms with Crippen molar-refractivity contribution in [3.8, 4) is 28.7 Å². The molecule has 1 heterocycles. The van der Waals surface area contributed by atoms with Crippen molar-refractivity contribution in [1.82, 2.24) is 10.1 Å². The van der Waals surface area contributed by atoms with Crippen LogP contribution in [0.1, 0.15) is 10.6 Å². The molecule has 1 N–H and O–H groups in total. The van der Waals surface area contributed by atoms with Gasteiger partial charge in [0.05, 0.1) is 24.7 Å². The third kappa shape index (κ3) is 4.73. The predicted molar refractivity (Wildman–Crippen MR) is 106 cm³/mol. The Morgan fingerprint density at radius 1 is 1.19 bits per heavy atom. The van der Waals surface area contributed by atoms with Gasteiger partial charge in [-0.25, -0.2) is 4.39 Å². The van der Waals surface area contributed by atoms with Crippen LogP contribution in [0.3, 0.4) is 0 Å². The molecule has 32 heavy (non-hydrogen) atoms. The standard InChI is InChI=1S/C19H17FN4O8/c1-28-9-31-14-8-11(4-5-12(14)20)21-18(25)17-22-19(32-23-17)10-6-13(24(26)27)16(30-3)15(7-10)29-2/h4-8H,9H2,1-3H3,(H,21,25). The van der Waals surface area contributed by atoms with Crippen LogP contribution in [-0.2, 0) is 4.74 Å². The van der Waals surface area contributed by atoms with E-state index in [9.17, 15) is 19.3 Å². The SMILES string of the molecule is COCOc1cc(NC(=O)c2noc(-c3cc(OC)c(OC)c([N+](=O)[O-])c3)n2)ccc1F. The van der Waals surface area contributed by atoms with Gasteiger partial charge in [0.2, 0.25) is 5.75 Å². The monoisotopic (exact) mass is 448 g/mol. The minimum absolute atomic E-state index is 0.0656. The Balaban J connectivity index is 1.85. The molecule has 0 saturated carbocycles. The third-order valence-electron chi connectivity index (χ3n) is 4.05. The van der Waals surface area contributed by atoms with Crippen molar-refractivity contribution in [2.45, 2.75) is 0 Å². The number of nitrogens with one attached hydrogen (secondary N) is 1. The smallest absolute Gasteiger partial charge is 0.315 e. The number of benzene rings is 2. The minimum atomic E-state index is -0.765. The number of carbonyl (C=O) groups excluding carboxylic acids is 1. The van der Waals surface area contributed by atoms with E-state index < -0.39 is 16.6 Å². The number of anilines is 1. The Hall–Kier alpha value is -4.26. The molecule has 0 radical (unpaired) electrons. The van der Waals surface area contributed by atoms with Gasteiger partial charge in [0.15, 0.2) is 24.1 Å². The fraction of sp³-hybridized carbons (Fsp3) is 0.211. The summed E-state index contributed by atoms with van der Waals surface area (Å²) < 4.78 is 38.8. The number of hydrogen-bond donors (Lipinski definition) is 1. The van der Waals surface area contributed by atoms with Crippen LogP contribution >= 0.6 is 0 Å². The van der Waals surface area contributed by atoms with Crippen molar-refractivity contribution in [2.24, 2.45) is 0 Å². The lowest BCUT2D eigenvalue weighted by Gasteiger charge is -2.09. The second-order valence-electron chi connectivity index (χ2n) is 6.06. The van der Waals surface area contributed by atoms with Crippen molar-refractivity contribution in [3.05, 3.63) is 52.1 Å². The molecule has 0 saturated heterocycles. The van der Waals surface area contributed by atoms with E-state index >= 15 is 0 Å². The molecule has 0 aliphatic carbocycles. The number of ether oxygens (including phenoxy) is 4. The van der Waals surface area contributed by atoms with Crippen LogP contribution < -0.4 is 19.5 Å². The first kappa shape index (κ1) is 22.4. The van der Waals surface area contributed by atoms with Gasteiger partial charge in [-0.1, -0.05) is 5.16 Å². The lowest BCUT2D eigenvalue weighted by atomic mass is 10.1. The Morgan fingerprint density at radius 2 is 1.97 bits per heavy atom. The molecule has 0 bridgehead atoms. The van der Waals surface area contributed by atoms with E-state index in [-0.39, 0.29) is 52.7 Å². The number of amides is 1. The van der Waals surface area contributed by atoms with Crippen LogP contribution in [0.15, 0.2) is 34.9 Å². The van der Waals surface area contributed by atoms with Gasteiger partial charge < -0.3 is 28.8 Å². The number of methoxy groups -OCH3 is 3. The van der Waals surface area contributed by atoms with Crippen LogP contribution in [-0.4, -0.2) is 49.1 Å². The molecule has 0 fully saturated rings. The number of halogens is 1. The molecule has 0 atom stereocenters. The summed E-state index contributed by atoms with van der Waals surface area (Å²) in [6.45, 7) is -0.181. The summed E-state index contributed by atoms with van der Waals surface area (Å²) in [6.07, 6.45) is 0. The fourth-order valence-electron chi connectivity index (χ4n) is 2.64. The van der Waals surface area contributed by atoms with Gasteiger partial charge in [0.1, 0.15) is 0 Å². The lowest BCUT2D eigenvalue weighted by molar-refractivity contribution is -0.385. The average Bonchev–Trinajstić information content (AvgIpc) is 3.28. The van der Waals surface area contributed by atoms with E-state index in [1.807, 2.05) is 0 Å². The molecule has 13 heteroatoms. The molecule has 3 aromatic rings. The van der Waals surface area contributed by atoms with Crippen molar-refractivity contribution >= 4 is 17.3 Å². The highest BCUT2D eigenvalue weighted by Gasteiger charge is 2.25. The summed E-state index contributed by atoms with van der Waals surface area (Å²) in [7, 11) is 3.95. The molecule has 12 nitrogen and oxygen atoms in total. The van der Waals surface area contributed by atoms with E-state index in [2.05, 4.69) is 15.5 Å². The molecule has 1 amide bonds. The summed E-state index contributed by atoms with van der Waals surface area (Å²) in [6, 6.07) is 6.21. The van der Waals surface area contributed by atoms with Crippen molar-refractivity contribution in [1.29, 1.82) is 0 Å². The zero-order valence-corrected chi connectivity index (χ0v) is 17.1. The van der Waals surface area contributed by atoms with Gasteiger partial charge >= 0.3 is 5.69 Å². The second-order valence-corrected chi connectivity index (χ2v) is 6.06. The maximum Gasteiger partial charge on any atom is 0.315 e. The molecule has 3 rings (SSSR count). The van der Waals surface area contributed by atoms with Crippen molar-refractivity contribution in [2.75, 3.05) is 33.4 Å². The fourth-order valence-corrected chi connectivity index (χ4v) is 2.64. The third-order valence-corrected chi connectivity index (χ3v) is 4.05. The maximum atomic E-state index is 13.7. The molecular formula is C19H17FN4O8. The Labute approximate surface area is 180 Å². The quantitative estimate of drug-likeness (QED) is 0.294. The molecule has 1 aromatic heterocycles. The van der Waals surface area contributed by atoms with Gasteiger partial charge in [0.25, 0.3) is 17.6 Å². The number of nitro groups is 1. The molecule has 0 spiro atoms. The van der Waals surface area contributed by atoms with Crippen molar-refractivity contribution < 1.29 is 37.6 Å². The molecular weight excluding hydrogens is 431 g/mol. The molecule has 168 valence electrons. The molecule has 0 aliphatic heterocycles. The number of nitro benzene ring substituents is 1. The van der Waals surface area contributed by atoms with E-state index in [1.165, 1.54) is 39.5 Å². The van der Waals surface area contributed by atoms with E-state index in [0.29, 0.717) is 0 Å². The van der Waals surface area contributed by atoms with Crippen LogP contribution in [0.5, 0.6) is 17.2 Å². The van der Waals surface area contributed by atoms with Crippen LogP contribution in [0.2, 0.25) is 0 Å². The van der Waals surface area contributed by atoms with Gasteiger partial charge in [-0.3, -0.25) is 14.9 Å². The predicted octanol–water partition coefficient (Wildman–Crippen LogP) is 3.04. The zero-order valence-electron chi connectivity index (χ0n) is 17.1.